The lowest BCUT2D eigenvalue weighted by atomic mass is 10.1. The molecule has 0 aromatic carbocycles. The molecule has 15 heavy (non-hydrogen) atoms. The molecule has 0 fully saturated rings. The van der Waals surface area contributed by atoms with Crippen LogP contribution >= 0.6 is 0 Å². The fraction of sp³-hybridized carbons (Fsp3) is 1.00. The van der Waals surface area contributed by atoms with Gasteiger partial charge >= 0.3 is 0 Å². The van der Waals surface area contributed by atoms with Crippen LogP contribution in [0.3, 0.4) is 0 Å². The second kappa shape index (κ2) is 10.4. The minimum atomic E-state index is -0.117. The van der Waals surface area contributed by atoms with Gasteiger partial charge in [0.25, 0.3) is 0 Å². The zero-order chi connectivity index (χ0) is 11.5. The van der Waals surface area contributed by atoms with Crippen molar-refractivity contribution < 1.29 is 9.47 Å². The van der Waals surface area contributed by atoms with Gasteiger partial charge in [-0.3, -0.25) is 0 Å². The number of hydrogen-bond acceptors (Lipinski definition) is 3. The van der Waals surface area contributed by atoms with E-state index in [1.807, 2.05) is 0 Å². The maximum atomic E-state index is 5.30. The van der Waals surface area contributed by atoms with Gasteiger partial charge in [0.1, 0.15) is 0 Å². The van der Waals surface area contributed by atoms with Crippen LogP contribution in [-0.4, -0.2) is 33.1 Å². The lowest BCUT2D eigenvalue weighted by molar-refractivity contribution is -0.124. The van der Waals surface area contributed by atoms with E-state index in [0.717, 1.165) is 19.4 Å². The van der Waals surface area contributed by atoms with Crippen molar-refractivity contribution >= 4 is 0 Å². The van der Waals surface area contributed by atoms with Crippen LogP contribution in [0.15, 0.2) is 0 Å². The molecule has 1 atom stereocenters. The summed E-state index contributed by atoms with van der Waals surface area (Å²) in [6.07, 6.45) is 5.93. The van der Waals surface area contributed by atoms with Crippen molar-refractivity contribution in [3.05, 3.63) is 0 Å². The predicted octanol–water partition coefficient (Wildman–Crippen LogP) is 2.55. The maximum Gasteiger partial charge on any atom is 0.171 e. The fourth-order valence-corrected chi connectivity index (χ4v) is 1.70. The molecular weight excluding hydrogens is 190 g/mol. The summed E-state index contributed by atoms with van der Waals surface area (Å²) in [6.45, 7) is 5.42. The molecule has 3 nitrogen and oxygen atoms in total. The first kappa shape index (κ1) is 14.9. The van der Waals surface area contributed by atoms with E-state index in [1.165, 1.54) is 19.3 Å². The Kier molecular flexibility index (Phi) is 10.3. The van der Waals surface area contributed by atoms with Gasteiger partial charge in [-0.25, -0.2) is 0 Å². The predicted molar refractivity (Wildman–Crippen MR) is 64.0 cm³/mol. The monoisotopic (exact) mass is 217 g/mol. The molecule has 0 aliphatic rings. The van der Waals surface area contributed by atoms with Crippen LogP contribution in [-0.2, 0) is 9.47 Å². The van der Waals surface area contributed by atoms with E-state index in [2.05, 4.69) is 19.2 Å². The smallest absolute Gasteiger partial charge is 0.171 e. The molecule has 0 rings (SSSR count). The zero-order valence-corrected chi connectivity index (χ0v) is 10.7. The van der Waals surface area contributed by atoms with E-state index in [9.17, 15) is 0 Å². The van der Waals surface area contributed by atoms with Gasteiger partial charge in [-0.2, -0.15) is 0 Å². The molecule has 0 aliphatic heterocycles. The molecule has 0 heterocycles. The topological polar surface area (TPSA) is 30.5 Å². The van der Waals surface area contributed by atoms with Crippen LogP contribution in [0.25, 0.3) is 0 Å². The van der Waals surface area contributed by atoms with Crippen molar-refractivity contribution in [2.75, 3.05) is 20.8 Å². The van der Waals surface area contributed by atoms with E-state index < -0.39 is 0 Å². The highest BCUT2D eigenvalue weighted by Gasteiger charge is 2.19. The minimum Gasteiger partial charge on any atom is -0.354 e. The molecule has 0 aliphatic carbocycles. The van der Waals surface area contributed by atoms with Gasteiger partial charge in [0.05, 0.1) is 6.04 Å². The molecule has 0 bridgehead atoms. The SMILES string of the molecule is CCCCCC(NCCC)C(OC)OC. The van der Waals surface area contributed by atoms with E-state index in [0.29, 0.717) is 6.04 Å². The van der Waals surface area contributed by atoms with Gasteiger partial charge in [-0.15, -0.1) is 0 Å². The minimum absolute atomic E-state index is 0.117. The Balaban J connectivity index is 3.91. The van der Waals surface area contributed by atoms with Crippen LogP contribution in [0.4, 0.5) is 0 Å². The van der Waals surface area contributed by atoms with Crippen molar-refractivity contribution in [2.24, 2.45) is 0 Å². The normalized spacial score (nSPS) is 13.4. The van der Waals surface area contributed by atoms with E-state index >= 15 is 0 Å². The molecule has 0 amide bonds. The molecular formula is C12H27NO2. The molecule has 0 aromatic heterocycles. The number of unbranched alkanes of at least 4 members (excludes halogenated alkanes) is 2. The van der Waals surface area contributed by atoms with Crippen LogP contribution in [0.5, 0.6) is 0 Å². The number of hydrogen-bond donors (Lipinski definition) is 1. The first-order valence-corrected chi connectivity index (χ1v) is 6.09. The molecule has 1 N–H and O–H groups in total. The van der Waals surface area contributed by atoms with Crippen molar-refractivity contribution in [1.29, 1.82) is 0 Å². The lowest BCUT2D eigenvalue weighted by Crippen LogP contribution is -2.42. The van der Waals surface area contributed by atoms with E-state index in [-0.39, 0.29) is 6.29 Å². The molecule has 92 valence electrons. The third kappa shape index (κ3) is 6.88. The summed E-state index contributed by atoms with van der Waals surface area (Å²) in [5, 5.41) is 3.48. The highest BCUT2D eigenvalue weighted by molar-refractivity contribution is 4.70. The number of rotatable bonds is 10. The van der Waals surface area contributed by atoms with Crippen LogP contribution in [0, 0.1) is 0 Å². The van der Waals surface area contributed by atoms with Crippen LogP contribution in [0.2, 0.25) is 0 Å². The van der Waals surface area contributed by atoms with E-state index in [4.69, 9.17) is 9.47 Å². The summed E-state index contributed by atoms with van der Waals surface area (Å²) < 4.78 is 10.6. The van der Waals surface area contributed by atoms with Crippen molar-refractivity contribution in [3.8, 4) is 0 Å². The Morgan fingerprint density at radius 1 is 1.00 bits per heavy atom. The summed E-state index contributed by atoms with van der Waals surface area (Å²) in [4.78, 5) is 0. The highest BCUT2D eigenvalue weighted by Crippen LogP contribution is 2.09. The summed E-state index contributed by atoms with van der Waals surface area (Å²) >= 11 is 0. The standard InChI is InChI=1S/C12H27NO2/c1-5-7-8-9-11(13-10-6-2)12(14-3)15-4/h11-13H,5-10H2,1-4H3. The summed E-state index contributed by atoms with van der Waals surface area (Å²) in [7, 11) is 3.41. The summed E-state index contributed by atoms with van der Waals surface area (Å²) in [5.74, 6) is 0. The Labute approximate surface area is 94.5 Å². The van der Waals surface area contributed by atoms with Gasteiger partial charge in [-0.05, 0) is 19.4 Å². The molecule has 0 radical (unpaired) electrons. The van der Waals surface area contributed by atoms with Gasteiger partial charge in [0.15, 0.2) is 6.29 Å². The lowest BCUT2D eigenvalue weighted by Gasteiger charge is -2.25. The maximum absolute atomic E-state index is 5.30. The molecule has 0 saturated carbocycles. The van der Waals surface area contributed by atoms with Crippen LogP contribution < -0.4 is 5.32 Å². The van der Waals surface area contributed by atoms with Crippen LogP contribution in [0.1, 0.15) is 46.0 Å². The Bertz CT molecular complexity index is 127. The molecule has 1 unspecified atom stereocenters. The Morgan fingerprint density at radius 3 is 2.13 bits per heavy atom. The first-order valence-electron chi connectivity index (χ1n) is 6.09. The quantitative estimate of drug-likeness (QED) is 0.450. The molecule has 3 heteroatoms. The number of ether oxygens (including phenoxy) is 2. The Morgan fingerprint density at radius 2 is 1.67 bits per heavy atom. The third-order valence-electron chi connectivity index (χ3n) is 2.57. The zero-order valence-electron chi connectivity index (χ0n) is 10.7. The van der Waals surface area contributed by atoms with Gasteiger partial charge in [0.2, 0.25) is 0 Å². The van der Waals surface area contributed by atoms with Crippen molar-refractivity contribution in [2.45, 2.75) is 58.3 Å². The van der Waals surface area contributed by atoms with Crippen molar-refractivity contribution in [1.82, 2.24) is 5.32 Å². The first-order chi connectivity index (χ1) is 7.29. The summed E-state index contributed by atoms with van der Waals surface area (Å²) in [6, 6.07) is 0.325. The molecule has 0 saturated heterocycles. The average Bonchev–Trinajstić information content (AvgIpc) is 2.26. The van der Waals surface area contributed by atoms with Gasteiger partial charge in [-0.1, -0.05) is 33.1 Å². The Hall–Kier alpha value is -0.120. The number of nitrogens with one attached hydrogen (secondary N) is 1. The third-order valence-corrected chi connectivity index (χ3v) is 2.57. The number of methoxy groups -OCH3 is 2. The molecule has 0 aromatic rings. The highest BCUT2D eigenvalue weighted by atomic mass is 16.7. The second-order valence-corrected chi connectivity index (χ2v) is 3.90. The van der Waals surface area contributed by atoms with Gasteiger partial charge in [0, 0.05) is 14.2 Å². The van der Waals surface area contributed by atoms with E-state index in [1.54, 1.807) is 14.2 Å². The second-order valence-electron chi connectivity index (χ2n) is 3.90. The fourth-order valence-electron chi connectivity index (χ4n) is 1.70. The van der Waals surface area contributed by atoms with Crippen molar-refractivity contribution in [3.63, 3.8) is 0 Å². The average molecular weight is 217 g/mol. The van der Waals surface area contributed by atoms with Gasteiger partial charge < -0.3 is 14.8 Å². The molecule has 0 spiro atoms. The largest absolute Gasteiger partial charge is 0.354 e. The summed E-state index contributed by atoms with van der Waals surface area (Å²) in [5.41, 5.74) is 0.